The number of carbonyl (C=O) groups excluding carboxylic acids is 1. The van der Waals surface area contributed by atoms with E-state index in [1.807, 2.05) is 0 Å². The number of hydrogen-bond acceptors (Lipinski definition) is 3. The number of carboxylic acid groups (broad SMARTS) is 1. The molecule has 0 aromatic rings. The van der Waals surface area contributed by atoms with Crippen LogP contribution >= 0.6 is 0 Å². The highest BCUT2D eigenvalue weighted by molar-refractivity contribution is 5.77. The second-order valence-electron chi connectivity index (χ2n) is 4.16. The molecule has 2 fully saturated rings. The van der Waals surface area contributed by atoms with Gasteiger partial charge in [-0.05, 0) is 19.3 Å². The van der Waals surface area contributed by atoms with Crippen LogP contribution in [0.5, 0.6) is 0 Å². The number of carboxylic acids is 1. The van der Waals surface area contributed by atoms with Crippen LogP contribution in [0.1, 0.15) is 32.1 Å². The van der Waals surface area contributed by atoms with Crippen molar-refractivity contribution >= 4 is 11.9 Å². The molecule has 5 heteroatoms. The predicted molar refractivity (Wildman–Crippen MR) is 52.9 cm³/mol. The summed E-state index contributed by atoms with van der Waals surface area (Å²) < 4.78 is 0. The standard InChI is InChI=1S/C10H16N2O3/c13-9-2-1-6-11(8-3-4-8)12(9)7-5-10(14)15/h8H,1-7H2,(H,14,15). The van der Waals surface area contributed by atoms with Crippen molar-refractivity contribution in [1.29, 1.82) is 0 Å². The minimum absolute atomic E-state index is 0.0367. The van der Waals surface area contributed by atoms with Crippen LogP contribution in [0.15, 0.2) is 0 Å². The van der Waals surface area contributed by atoms with Crippen LogP contribution in [-0.2, 0) is 9.59 Å². The molecule has 1 aliphatic heterocycles. The van der Waals surface area contributed by atoms with E-state index in [0.717, 1.165) is 25.8 Å². The first-order valence-electron chi connectivity index (χ1n) is 5.47. The Morgan fingerprint density at radius 2 is 2.20 bits per heavy atom. The van der Waals surface area contributed by atoms with Crippen molar-refractivity contribution in [1.82, 2.24) is 10.0 Å². The van der Waals surface area contributed by atoms with E-state index in [9.17, 15) is 9.59 Å². The first-order chi connectivity index (χ1) is 7.18. The van der Waals surface area contributed by atoms with Gasteiger partial charge in [-0.15, -0.1) is 0 Å². The van der Waals surface area contributed by atoms with Crippen LogP contribution in [0.2, 0.25) is 0 Å². The first-order valence-corrected chi connectivity index (χ1v) is 5.47. The monoisotopic (exact) mass is 212 g/mol. The van der Waals surface area contributed by atoms with Crippen LogP contribution in [0.3, 0.4) is 0 Å². The van der Waals surface area contributed by atoms with Gasteiger partial charge in [0, 0.05) is 25.6 Å². The number of rotatable bonds is 4. The summed E-state index contributed by atoms with van der Waals surface area (Å²) in [6.07, 6.45) is 3.77. The van der Waals surface area contributed by atoms with Gasteiger partial charge in [0.25, 0.3) is 0 Å². The minimum Gasteiger partial charge on any atom is -0.481 e. The van der Waals surface area contributed by atoms with E-state index < -0.39 is 5.97 Å². The number of carbonyl (C=O) groups is 2. The van der Waals surface area contributed by atoms with Gasteiger partial charge in [0.05, 0.1) is 6.42 Å². The van der Waals surface area contributed by atoms with Crippen LogP contribution in [-0.4, -0.2) is 46.1 Å². The zero-order chi connectivity index (χ0) is 10.8. The van der Waals surface area contributed by atoms with Crippen molar-refractivity contribution in [3.8, 4) is 0 Å². The maximum Gasteiger partial charge on any atom is 0.305 e. The number of nitrogens with zero attached hydrogens (tertiary/aromatic N) is 2. The Bertz CT molecular complexity index is 276. The highest BCUT2D eigenvalue weighted by atomic mass is 16.4. The lowest BCUT2D eigenvalue weighted by Crippen LogP contribution is -2.52. The highest BCUT2D eigenvalue weighted by Gasteiger charge is 2.37. The molecule has 0 unspecified atom stereocenters. The molecule has 84 valence electrons. The molecular weight excluding hydrogens is 196 g/mol. The summed E-state index contributed by atoms with van der Waals surface area (Å²) >= 11 is 0. The molecule has 1 saturated carbocycles. The van der Waals surface area contributed by atoms with Gasteiger partial charge in [0.2, 0.25) is 5.91 Å². The Hall–Kier alpha value is -1.10. The summed E-state index contributed by atoms with van der Waals surface area (Å²) in [5, 5.41) is 12.3. The summed E-state index contributed by atoms with van der Waals surface area (Å²) in [6.45, 7) is 1.22. The second-order valence-corrected chi connectivity index (χ2v) is 4.16. The fourth-order valence-corrected chi connectivity index (χ4v) is 1.99. The fourth-order valence-electron chi connectivity index (χ4n) is 1.99. The summed E-state index contributed by atoms with van der Waals surface area (Å²) in [6, 6.07) is 0.489. The van der Waals surface area contributed by atoms with Gasteiger partial charge in [-0.3, -0.25) is 14.6 Å². The number of amides is 1. The molecule has 1 amide bonds. The van der Waals surface area contributed by atoms with Gasteiger partial charge in [0.1, 0.15) is 0 Å². The average molecular weight is 212 g/mol. The summed E-state index contributed by atoms with van der Waals surface area (Å²) in [5.74, 6) is -0.765. The van der Waals surface area contributed by atoms with E-state index in [0.29, 0.717) is 19.0 Å². The van der Waals surface area contributed by atoms with Crippen LogP contribution in [0, 0.1) is 0 Å². The van der Waals surface area contributed by atoms with Crippen molar-refractivity contribution in [2.45, 2.75) is 38.1 Å². The Balaban J connectivity index is 1.95. The zero-order valence-corrected chi connectivity index (χ0v) is 8.69. The normalized spacial score (nSPS) is 23.2. The van der Waals surface area contributed by atoms with Crippen LogP contribution in [0.4, 0.5) is 0 Å². The van der Waals surface area contributed by atoms with Gasteiger partial charge in [-0.2, -0.15) is 0 Å². The van der Waals surface area contributed by atoms with Crippen LogP contribution in [0.25, 0.3) is 0 Å². The lowest BCUT2D eigenvalue weighted by molar-refractivity contribution is -0.158. The topological polar surface area (TPSA) is 60.9 Å². The third-order valence-electron chi connectivity index (χ3n) is 2.88. The molecule has 1 saturated heterocycles. The molecule has 15 heavy (non-hydrogen) atoms. The number of aliphatic carboxylic acids is 1. The molecule has 0 spiro atoms. The van der Waals surface area contributed by atoms with E-state index in [-0.39, 0.29) is 12.3 Å². The molecule has 0 aromatic heterocycles. The molecule has 0 bridgehead atoms. The third kappa shape index (κ3) is 2.47. The minimum atomic E-state index is -0.843. The van der Waals surface area contributed by atoms with Crippen molar-refractivity contribution in [2.75, 3.05) is 13.1 Å². The van der Waals surface area contributed by atoms with Crippen molar-refractivity contribution in [2.24, 2.45) is 0 Å². The Morgan fingerprint density at radius 1 is 1.47 bits per heavy atom. The van der Waals surface area contributed by atoms with Gasteiger partial charge in [-0.1, -0.05) is 0 Å². The molecule has 0 radical (unpaired) electrons. The Labute approximate surface area is 88.6 Å². The maximum atomic E-state index is 11.6. The van der Waals surface area contributed by atoms with Gasteiger partial charge in [0.15, 0.2) is 0 Å². The number of hydrogen-bond donors (Lipinski definition) is 1. The van der Waals surface area contributed by atoms with Crippen molar-refractivity contribution < 1.29 is 14.7 Å². The molecule has 1 N–H and O–H groups in total. The largest absolute Gasteiger partial charge is 0.481 e. The predicted octanol–water partition coefficient (Wildman–Crippen LogP) is 0.463. The lowest BCUT2D eigenvalue weighted by atomic mass is 10.2. The molecule has 0 aromatic carbocycles. The molecule has 2 rings (SSSR count). The van der Waals surface area contributed by atoms with E-state index in [1.165, 1.54) is 0 Å². The molecule has 5 nitrogen and oxygen atoms in total. The summed E-state index contributed by atoms with van der Waals surface area (Å²) in [4.78, 5) is 22.1. The van der Waals surface area contributed by atoms with Gasteiger partial charge in [-0.25, -0.2) is 5.01 Å². The summed E-state index contributed by atoms with van der Waals surface area (Å²) in [5.41, 5.74) is 0. The fraction of sp³-hybridized carbons (Fsp3) is 0.800. The second kappa shape index (κ2) is 4.18. The van der Waals surface area contributed by atoms with E-state index >= 15 is 0 Å². The summed E-state index contributed by atoms with van der Waals surface area (Å²) in [7, 11) is 0. The molecule has 1 aliphatic carbocycles. The highest BCUT2D eigenvalue weighted by Crippen LogP contribution is 2.30. The van der Waals surface area contributed by atoms with Gasteiger partial charge >= 0.3 is 5.97 Å². The maximum absolute atomic E-state index is 11.6. The Morgan fingerprint density at radius 3 is 2.80 bits per heavy atom. The quantitative estimate of drug-likeness (QED) is 0.735. The zero-order valence-electron chi connectivity index (χ0n) is 8.69. The van der Waals surface area contributed by atoms with E-state index in [2.05, 4.69) is 5.01 Å². The number of hydrazine groups is 1. The SMILES string of the molecule is O=C(O)CCN1C(=O)CCCN1C1CC1. The molecular formula is C10H16N2O3. The molecule has 0 atom stereocenters. The molecule has 1 heterocycles. The van der Waals surface area contributed by atoms with Crippen molar-refractivity contribution in [3.05, 3.63) is 0 Å². The van der Waals surface area contributed by atoms with Crippen LogP contribution < -0.4 is 0 Å². The average Bonchev–Trinajstić information content (AvgIpc) is 2.98. The van der Waals surface area contributed by atoms with Crippen molar-refractivity contribution in [3.63, 3.8) is 0 Å². The lowest BCUT2D eigenvalue weighted by Gasteiger charge is -2.38. The first kappa shape index (κ1) is 10.4. The Kier molecular flexibility index (Phi) is 2.90. The van der Waals surface area contributed by atoms with E-state index in [4.69, 9.17) is 5.11 Å². The smallest absolute Gasteiger partial charge is 0.305 e. The third-order valence-corrected chi connectivity index (χ3v) is 2.88. The van der Waals surface area contributed by atoms with Gasteiger partial charge < -0.3 is 5.11 Å². The molecule has 2 aliphatic rings. The van der Waals surface area contributed by atoms with E-state index in [1.54, 1.807) is 5.01 Å².